The van der Waals surface area contributed by atoms with E-state index < -0.39 is 0 Å². The Labute approximate surface area is 127 Å². The highest BCUT2D eigenvalue weighted by Crippen LogP contribution is 2.24. The predicted octanol–water partition coefficient (Wildman–Crippen LogP) is 3.32. The molecule has 1 amide bonds. The lowest BCUT2D eigenvalue weighted by molar-refractivity contribution is -0.113. The summed E-state index contributed by atoms with van der Waals surface area (Å²) in [5, 5.41) is 11.3. The number of hydrogen-bond donors (Lipinski definition) is 1. The van der Waals surface area contributed by atoms with Gasteiger partial charge in [-0.05, 0) is 24.3 Å². The van der Waals surface area contributed by atoms with Gasteiger partial charge >= 0.3 is 0 Å². The van der Waals surface area contributed by atoms with Gasteiger partial charge in [0, 0.05) is 4.90 Å². The molecule has 0 aliphatic rings. The predicted molar refractivity (Wildman–Crippen MR) is 83.3 cm³/mol. The first-order valence-corrected chi connectivity index (χ1v) is 7.34. The zero-order valence-corrected chi connectivity index (χ0v) is 12.1. The first-order chi connectivity index (χ1) is 10.3. The minimum Gasteiger partial charge on any atom is -0.477 e. The molecule has 0 fully saturated rings. The largest absolute Gasteiger partial charge is 0.477 e. The highest BCUT2D eigenvalue weighted by Gasteiger charge is 2.08. The van der Waals surface area contributed by atoms with Crippen LogP contribution < -0.4 is 10.1 Å². The molecular formula is C16H14N2O2S. The summed E-state index contributed by atoms with van der Waals surface area (Å²) in [4.78, 5) is 13.0. The van der Waals surface area contributed by atoms with E-state index >= 15 is 0 Å². The van der Waals surface area contributed by atoms with Crippen molar-refractivity contribution >= 4 is 23.4 Å². The van der Waals surface area contributed by atoms with Crippen molar-refractivity contribution in [2.75, 3.05) is 17.7 Å². The van der Waals surface area contributed by atoms with Crippen LogP contribution in [0.4, 0.5) is 5.69 Å². The number of amides is 1. The van der Waals surface area contributed by atoms with E-state index in [0.29, 0.717) is 17.2 Å². The number of rotatable bonds is 6. The number of thioether (sulfide) groups is 1. The van der Waals surface area contributed by atoms with Gasteiger partial charge in [-0.3, -0.25) is 4.79 Å². The molecule has 0 saturated carbocycles. The van der Waals surface area contributed by atoms with Gasteiger partial charge in [0.1, 0.15) is 11.8 Å². The number of ether oxygens (including phenoxy) is 1. The topological polar surface area (TPSA) is 62.1 Å². The van der Waals surface area contributed by atoms with Crippen molar-refractivity contribution in [2.24, 2.45) is 0 Å². The van der Waals surface area contributed by atoms with Crippen LogP contribution in [0.3, 0.4) is 0 Å². The molecule has 21 heavy (non-hydrogen) atoms. The summed E-state index contributed by atoms with van der Waals surface area (Å²) < 4.78 is 5.27. The lowest BCUT2D eigenvalue weighted by atomic mass is 10.3. The molecule has 1 N–H and O–H groups in total. The van der Waals surface area contributed by atoms with Gasteiger partial charge in [-0.1, -0.05) is 30.3 Å². The molecule has 0 saturated heterocycles. The minimum absolute atomic E-state index is 0.0500. The molecular weight excluding hydrogens is 284 g/mol. The zero-order chi connectivity index (χ0) is 14.9. The lowest BCUT2D eigenvalue weighted by Gasteiger charge is -2.10. The number of nitrogens with one attached hydrogen (secondary N) is 1. The van der Waals surface area contributed by atoms with Crippen molar-refractivity contribution < 1.29 is 9.53 Å². The second-order valence-electron chi connectivity index (χ2n) is 4.09. The molecule has 0 aliphatic heterocycles. The molecule has 0 spiro atoms. The van der Waals surface area contributed by atoms with Gasteiger partial charge in [-0.15, -0.1) is 11.8 Å². The molecule has 106 valence electrons. The van der Waals surface area contributed by atoms with Crippen LogP contribution in [0, 0.1) is 11.3 Å². The van der Waals surface area contributed by atoms with Crippen LogP contribution in [0.25, 0.3) is 0 Å². The number of nitriles is 1. The third-order valence-electron chi connectivity index (χ3n) is 2.57. The fraction of sp³-hybridized carbons (Fsp3) is 0.125. The number of carbonyl (C=O) groups excluding carboxylic acids is 1. The maximum Gasteiger partial charge on any atom is 0.234 e. The van der Waals surface area contributed by atoms with E-state index in [9.17, 15) is 4.79 Å². The second-order valence-corrected chi connectivity index (χ2v) is 5.14. The summed E-state index contributed by atoms with van der Waals surface area (Å²) in [6.07, 6.45) is 0. The Kier molecular flexibility index (Phi) is 5.68. The zero-order valence-electron chi connectivity index (χ0n) is 11.3. The SMILES string of the molecule is N#CCOc1ccccc1NC(=O)CSc1ccccc1. The van der Waals surface area contributed by atoms with Crippen molar-refractivity contribution in [3.63, 3.8) is 0 Å². The van der Waals surface area contributed by atoms with Gasteiger partial charge in [0.15, 0.2) is 6.61 Å². The monoisotopic (exact) mass is 298 g/mol. The third-order valence-corrected chi connectivity index (χ3v) is 3.58. The molecule has 0 atom stereocenters. The Bertz CT molecular complexity index is 638. The number of anilines is 1. The fourth-order valence-corrected chi connectivity index (χ4v) is 2.38. The fourth-order valence-electron chi connectivity index (χ4n) is 1.66. The lowest BCUT2D eigenvalue weighted by Crippen LogP contribution is -2.14. The standard InChI is InChI=1S/C16H14N2O2S/c17-10-11-20-15-9-5-4-8-14(15)18-16(19)12-21-13-6-2-1-3-7-13/h1-9H,11-12H2,(H,18,19). The van der Waals surface area contributed by atoms with Gasteiger partial charge in [0.25, 0.3) is 0 Å². The van der Waals surface area contributed by atoms with Crippen LogP contribution in [0.15, 0.2) is 59.5 Å². The Hall–Kier alpha value is -2.45. The Morgan fingerprint density at radius 3 is 2.62 bits per heavy atom. The van der Waals surface area contributed by atoms with E-state index in [1.807, 2.05) is 36.4 Å². The Morgan fingerprint density at radius 2 is 1.86 bits per heavy atom. The number of carbonyl (C=O) groups is 1. The molecule has 2 rings (SSSR count). The van der Waals surface area contributed by atoms with Gasteiger partial charge in [0.05, 0.1) is 11.4 Å². The maximum absolute atomic E-state index is 12.0. The van der Waals surface area contributed by atoms with Gasteiger partial charge in [-0.2, -0.15) is 5.26 Å². The van der Waals surface area contributed by atoms with E-state index in [4.69, 9.17) is 10.00 Å². The molecule has 0 aliphatic carbocycles. The van der Waals surface area contributed by atoms with Gasteiger partial charge in [-0.25, -0.2) is 0 Å². The molecule has 0 radical (unpaired) electrons. The van der Waals surface area contributed by atoms with Crippen molar-refractivity contribution in [2.45, 2.75) is 4.90 Å². The van der Waals surface area contributed by atoms with Gasteiger partial charge in [0.2, 0.25) is 5.91 Å². The summed E-state index contributed by atoms with van der Waals surface area (Å²) >= 11 is 1.47. The number of hydrogen-bond acceptors (Lipinski definition) is 4. The highest BCUT2D eigenvalue weighted by atomic mass is 32.2. The minimum atomic E-state index is -0.114. The molecule has 4 nitrogen and oxygen atoms in total. The van der Waals surface area contributed by atoms with E-state index in [1.165, 1.54) is 11.8 Å². The molecule has 0 heterocycles. The van der Waals surface area contributed by atoms with Crippen molar-refractivity contribution in [3.05, 3.63) is 54.6 Å². The smallest absolute Gasteiger partial charge is 0.234 e. The first-order valence-electron chi connectivity index (χ1n) is 6.36. The second kappa shape index (κ2) is 7.98. The highest BCUT2D eigenvalue weighted by molar-refractivity contribution is 8.00. The van der Waals surface area contributed by atoms with E-state index in [0.717, 1.165) is 4.90 Å². The molecule has 0 aromatic heterocycles. The van der Waals surface area contributed by atoms with Crippen molar-refractivity contribution in [1.29, 1.82) is 5.26 Å². The average Bonchev–Trinajstić information content (AvgIpc) is 2.53. The summed E-state index contributed by atoms with van der Waals surface area (Å²) in [5.41, 5.74) is 0.575. The summed E-state index contributed by atoms with van der Waals surface area (Å²) in [6, 6.07) is 18.7. The number of para-hydroxylation sites is 2. The van der Waals surface area contributed by atoms with Crippen molar-refractivity contribution in [3.8, 4) is 11.8 Å². The Balaban J connectivity index is 1.92. The first kappa shape index (κ1) is 14.9. The Morgan fingerprint density at radius 1 is 1.14 bits per heavy atom. The molecule has 0 bridgehead atoms. The van der Waals surface area contributed by atoms with E-state index in [1.54, 1.807) is 24.3 Å². The summed E-state index contributed by atoms with van der Waals surface area (Å²) in [5.74, 6) is 0.699. The third kappa shape index (κ3) is 4.86. The van der Waals surface area contributed by atoms with Crippen LogP contribution >= 0.6 is 11.8 Å². The van der Waals surface area contributed by atoms with Crippen molar-refractivity contribution in [1.82, 2.24) is 0 Å². The molecule has 2 aromatic carbocycles. The molecule has 2 aromatic rings. The quantitative estimate of drug-likeness (QED) is 0.831. The summed E-state index contributed by atoms with van der Waals surface area (Å²) in [7, 11) is 0. The van der Waals surface area contributed by atoms with E-state index in [2.05, 4.69) is 5.32 Å². The van der Waals surface area contributed by atoms with Crippen LogP contribution in [0.2, 0.25) is 0 Å². The van der Waals surface area contributed by atoms with Gasteiger partial charge < -0.3 is 10.1 Å². The number of nitrogens with zero attached hydrogens (tertiary/aromatic N) is 1. The van der Waals surface area contributed by atoms with E-state index in [-0.39, 0.29) is 12.5 Å². The van der Waals surface area contributed by atoms with Crippen LogP contribution in [-0.4, -0.2) is 18.3 Å². The summed E-state index contributed by atoms with van der Waals surface area (Å²) in [6.45, 7) is -0.0500. The molecule has 0 unspecified atom stereocenters. The van der Waals surface area contributed by atoms with Crippen LogP contribution in [0.1, 0.15) is 0 Å². The van der Waals surface area contributed by atoms with Crippen LogP contribution in [-0.2, 0) is 4.79 Å². The maximum atomic E-state index is 12.0. The normalized spacial score (nSPS) is 9.67. The average molecular weight is 298 g/mol. The number of benzene rings is 2. The van der Waals surface area contributed by atoms with Crippen LogP contribution in [0.5, 0.6) is 5.75 Å². The molecule has 5 heteroatoms.